The lowest BCUT2D eigenvalue weighted by molar-refractivity contribution is -0.127. The Kier molecular flexibility index (Phi) is 2.21. The van der Waals surface area contributed by atoms with E-state index in [4.69, 9.17) is 0 Å². The van der Waals surface area contributed by atoms with Gasteiger partial charge < -0.3 is 4.57 Å². The van der Waals surface area contributed by atoms with Gasteiger partial charge in [-0.2, -0.15) is 13.2 Å². The van der Waals surface area contributed by atoms with Gasteiger partial charge in [0.25, 0.3) is 0 Å². The molecule has 0 atom stereocenters. The van der Waals surface area contributed by atoms with E-state index in [1.54, 1.807) is 12.1 Å². The van der Waals surface area contributed by atoms with Crippen molar-refractivity contribution >= 4 is 10.9 Å². The molecular formula is C11H10F3N. The molecule has 0 amide bonds. The zero-order valence-electron chi connectivity index (χ0n) is 8.17. The maximum Gasteiger partial charge on any atom is 0.393 e. The second-order valence-corrected chi connectivity index (χ2v) is 3.61. The second-order valence-electron chi connectivity index (χ2n) is 3.61. The standard InChI is InChI=1S/C11H10F3N/c1-15-5-4-9-3-2-8(6-10(9)15)7-11(12,13)14/h2-6H,7H2,1H3. The van der Waals surface area contributed by atoms with Crippen LogP contribution in [0.2, 0.25) is 0 Å². The maximum absolute atomic E-state index is 12.2. The molecule has 0 bridgehead atoms. The Morgan fingerprint density at radius 1 is 1.20 bits per heavy atom. The monoisotopic (exact) mass is 213 g/mol. The maximum atomic E-state index is 12.2. The molecule has 0 aliphatic carbocycles. The lowest BCUT2D eigenvalue weighted by Gasteiger charge is -2.06. The van der Waals surface area contributed by atoms with E-state index in [0.29, 0.717) is 5.56 Å². The average molecular weight is 213 g/mol. The van der Waals surface area contributed by atoms with E-state index >= 15 is 0 Å². The third-order valence-corrected chi connectivity index (χ3v) is 2.36. The Bertz CT molecular complexity index is 482. The molecular weight excluding hydrogens is 203 g/mol. The summed E-state index contributed by atoms with van der Waals surface area (Å²) in [6, 6.07) is 6.71. The quantitative estimate of drug-likeness (QED) is 0.685. The molecule has 4 heteroatoms. The van der Waals surface area contributed by atoms with Crippen LogP contribution in [0.5, 0.6) is 0 Å². The molecule has 0 saturated heterocycles. The highest BCUT2D eigenvalue weighted by Gasteiger charge is 2.27. The van der Waals surface area contributed by atoms with Crippen LogP contribution < -0.4 is 0 Å². The topological polar surface area (TPSA) is 4.93 Å². The van der Waals surface area contributed by atoms with Gasteiger partial charge in [0.1, 0.15) is 0 Å². The van der Waals surface area contributed by atoms with Crippen molar-refractivity contribution in [1.82, 2.24) is 4.57 Å². The second kappa shape index (κ2) is 3.29. The van der Waals surface area contributed by atoms with Gasteiger partial charge in [0.05, 0.1) is 6.42 Å². The number of rotatable bonds is 1. The highest BCUT2D eigenvalue weighted by Crippen LogP contribution is 2.24. The van der Waals surface area contributed by atoms with E-state index in [1.807, 2.05) is 23.9 Å². The van der Waals surface area contributed by atoms with Crippen LogP contribution in [0.4, 0.5) is 13.2 Å². The first-order chi connectivity index (χ1) is 6.96. The van der Waals surface area contributed by atoms with Crippen molar-refractivity contribution in [3.63, 3.8) is 0 Å². The largest absolute Gasteiger partial charge is 0.393 e. The van der Waals surface area contributed by atoms with Crippen LogP contribution in [-0.2, 0) is 13.5 Å². The van der Waals surface area contributed by atoms with Crippen molar-refractivity contribution in [2.24, 2.45) is 7.05 Å². The summed E-state index contributed by atoms with van der Waals surface area (Å²) >= 11 is 0. The van der Waals surface area contributed by atoms with Crippen molar-refractivity contribution in [3.8, 4) is 0 Å². The van der Waals surface area contributed by atoms with Gasteiger partial charge in [-0.25, -0.2) is 0 Å². The molecule has 2 aromatic rings. The Balaban J connectivity index is 2.42. The lowest BCUT2D eigenvalue weighted by atomic mass is 10.1. The Labute approximate surface area is 85.1 Å². The summed E-state index contributed by atoms with van der Waals surface area (Å²) in [6.07, 6.45) is -3.17. The summed E-state index contributed by atoms with van der Waals surface area (Å²) in [5.74, 6) is 0. The van der Waals surface area contributed by atoms with Gasteiger partial charge in [0.15, 0.2) is 0 Å². The number of alkyl halides is 3. The summed E-state index contributed by atoms with van der Waals surface area (Å²) in [5.41, 5.74) is 1.13. The van der Waals surface area contributed by atoms with E-state index < -0.39 is 12.6 Å². The Morgan fingerprint density at radius 2 is 1.93 bits per heavy atom. The summed E-state index contributed by atoms with van der Waals surface area (Å²) < 4.78 is 38.3. The van der Waals surface area contributed by atoms with E-state index in [0.717, 1.165) is 10.9 Å². The number of benzene rings is 1. The van der Waals surface area contributed by atoms with Gasteiger partial charge in [0, 0.05) is 18.8 Å². The minimum atomic E-state index is -4.14. The molecule has 0 fully saturated rings. The van der Waals surface area contributed by atoms with Crippen LogP contribution in [0, 0.1) is 0 Å². The van der Waals surface area contributed by atoms with Gasteiger partial charge >= 0.3 is 6.18 Å². The number of halogens is 3. The fraction of sp³-hybridized carbons (Fsp3) is 0.273. The third-order valence-electron chi connectivity index (χ3n) is 2.36. The van der Waals surface area contributed by atoms with Crippen molar-refractivity contribution in [2.45, 2.75) is 12.6 Å². The number of aryl methyl sites for hydroxylation is 1. The first kappa shape index (κ1) is 10.1. The predicted molar refractivity (Wildman–Crippen MR) is 52.7 cm³/mol. The normalized spacial score (nSPS) is 12.3. The number of aromatic nitrogens is 1. The number of hydrogen-bond donors (Lipinski definition) is 0. The van der Waals surface area contributed by atoms with E-state index in [1.165, 1.54) is 6.07 Å². The van der Waals surface area contributed by atoms with Crippen molar-refractivity contribution < 1.29 is 13.2 Å². The molecule has 1 aromatic heterocycles. The minimum Gasteiger partial charge on any atom is -0.351 e. The summed E-state index contributed by atoms with van der Waals surface area (Å²) in [6.45, 7) is 0. The Hall–Kier alpha value is -1.45. The molecule has 2 rings (SSSR count). The summed E-state index contributed by atoms with van der Waals surface area (Å²) in [7, 11) is 1.82. The van der Waals surface area contributed by atoms with E-state index in [-0.39, 0.29) is 0 Å². The number of fused-ring (bicyclic) bond motifs is 1. The molecule has 0 N–H and O–H groups in total. The first-order valence-corrected chi connectivity index (χ1v) is 4.56. The SMILES string of the molecule is Cn1ccc2ccc(CC(F)(F)F)cc21. The summed E-state index contributed by atoms with van der Waals surface area (Å²) in [5, 5.41) is 0.962. The zero-order chi connectivity index (χ0) is 11.1. The highest BCUT2D eigenvalue weighted by atomic mass is 19.4. The summed E-state index contributed by atoms with van der Waals surface area (Å²) in [4.78, 5) is 0. The van der Waals surface area contributed by atoms with Crippen molar-refractivity contribution in [3.05, 3.63) is 36.0 Å². The molecule has 1 nitrogen and oxygen atoms in total. The fourth-order valence-corrected chi connectivity index (χ4v) is 1.65. The van der Waals surface area contributed by atoms with Gasteiger partial charge in [0.2, 0.25) is 0 Å². The van der Waals surface area contributed by atoms with Crippen LogP contribution in [-0.4, -0.2) is 10.7 Å². The van der Waals surface area contributed by atoms with Crippen LogP contribution in [0.3, 0.4) is 0 Å². The van der Waals surface area contributed by atoms with E-state index in [9.17, 15) is 13.2 Å². The lowest BCUT2D eigenvalue weighted by Crippen LogP contribution is -2.11. The van der Waals surface area contributed by atoms with Crippen molar-refractivity contribution in [2.75, 3.05) is 0 Å². The van der Waals surface area contributed by atoms with Gasteiger partial charge in [-0.15, -0.1) is 0 Å². The molecule has 0 saturated carbocycles. The first-order valence-electron chi connectivity index (χ1n) is 4.56. The molecule has 1 heterocycles. The van der Waals surface area contributed by atoms with Gasteiger partial charge in [-0.1, -0.05) is 12.1 Å². The van der Waals surface area contributed by atoms with Crippen LogP contribution in [0.15, 0.2) is 30.5 Å². The van der Waals surface area contributed by atoms with Crippen LogP contribution >= 0.6 is 0 Å². The highest BCUT2D eigenvalue weighted by molar-refractivity contribution is 5.80. The molecule has 15 heavy (non-hydrogen) atoms. The molecule has 80 valence electrons. The van der Waals surface area contributed by atoms with Crippen LogP contribution in [0.1, 0.15) is 5.56 Å². The van der Waals surface area contributed by atoms with Crippen LogP contribution in [0.25, 0.3) is 10.9 Å². The van der Waals surface area contributed by atoms with E-state index in [2.05, 4.69) is 0 Å². The molecule has 0 aliphatic heterocycles. The van der Waals surface area contributed by atoms with Gasteiger partial charge in [-0.05, 0) is 23.1 Å². The average Bonchev–Trinajstić information content (AvgIpc) is 2.45. The van der Waals surface area contributed by atoms with Gasteiger partial charge in [-0.3, -0.25) is 0 Å². The Morgan fingerprint density at radius 3 is 2.60 bits per heavy atom. The zero-order valence-corrected chi connectivity index (χ0v) is 8.17. The third kappa shape index (κ3) is 2.14. The molecule has 1 aromatic carbocycles. The molecule has 0 unspecified atom stereocenters. The smallest absolute Gasteiger partial charge is 0.351 e. The number of nitrogens with zero attached hydrogens (tertiary/aromatic N) is 1. The number of hydrogen-bond acceptors (Lipinski definition) is 0. The molecule has 0 radical (unpaired) electrons. The minimum absolute atomic E-state index is 0.303. The predicted octanol–water partition coefficient (Wildman–Crippen LogP) is 3.28. The molecule has 0 aliphatic rings. The fourth-order valence-electron chi connectivity index (χ4n) is 1.65. The molecule has 0 spiro atoms. The van der Waals surface area contributed by atoms with Crippen molar-refractivity contribution in [1.29, 1.82) is 0 Å².